The van der Waals surface area contributed by atoms with Gasteiger partial charge in [0.1, 0.15) is 23.9 Å². The molecule has 1 amide bonds. The summed E-state index contributed by atoms with van der Waals surface area (Å²) in [6.45, 7) is 0.179. The van der Waals surface area contributed by atoms with Gasteiger partial charge in [-0.3, -0.25) is 4.79 Å². The molecule has 3 aromatic rings. The number of para-hydroxylation sites is 1. The highest BCUT2D eigenvalue weighted by molar-refractivity contribution is 5.91. The van der Waals surface area contributed by atoms with E-state index in [1.807, 2.05) is 18.2 Å². The van der Waals surface area contributed by atoms with Crippen LogP contribution in [0.5, 0.6) is 11.5 Å². The molecule has 2 aromatic carbocycles. The second kappa shape index (κ2) is 8.35. The molecule has 0 spiro atoms. The van der Waals surface area contributed by atoms with Crippen LogP contribution >= 0.6 is 0 Å². The zero-order valence-electron chi connectivity index (χ0n) is 14.5. The monoisotopic (exact) mass is 373 g/mol. The molecule has 0 aliphatic carbocycles. The zero-order chi connectivity index (χ0) is 19.2. The molecule has 0 radical (unpaired) electrons. The molecule has 0 unspecified atom stereocenters. The highest BCUT2D eigenvalue weighted by atomic mass is 19.1. The van der Waals surface area contributed by atoms with Crippen molar-refractivity contribution < 1.29 is 27.5 Å². The maximum absolute atomic E-state index is 13.5. The van der Waals surface area contributed by atoms with E-state index in [1.54, 1.807) is 19.2 Å². The van der Waals surface area contributed by atoms with Crippen LogP contribution in [0.2, 0.25) is 0 Å². The van der Waals surface area contributed by atoms with Crippen molar-refractivity contribution in [2.75, 3.05) is 7.11 Å². The van der Waals surface area contributed by atoms with Gasteiger partial charge in [0, 0.05) is 18.2 Å². The normalized spacial score (nSPS) is 10.5. The van der Waals surface area contributed by atoms with Gasteiger partial charge >= 0.3 is 0 Å². The predicted molar refractivity (Wildman–Crippen MR) is 93.6 cm³/mol. The first-order valence-corrected chi connectivity index (χ1v) is 8.13. The summed E-state index contributed by atoms with van der Waals surface area (Å²) in [5.41, 5.74) is 0.829. The summed E-state index contributed by atoms with van der Waals surface area (Å²) >= 11 is 0. The Morgan fingerprint density at radius 1 is 1.07 bits per heavy atom. The standard InChI is InChI=1S/C20H17F2NO4/c1-25-17-5-3-2-4-13(17)11-23-20(24)19-9-7-15(27-19)12-26-18-8-6-14(21)10-16(18)22/h2-10H,11-12H2,1H3,(H,23,24). The largest absolute Gasteiger partial charge is 0.496 e. The Morgan fingerprint density at radius 3 is 2.67 bits per heavy atom. The first-order valence-electron chi connectivity index (χ1n) is 8.13. The van der Waals surface area contributed by atoms with Gasteiger partial charge in [0.05, 0.1) is 7.11 Å². The summed E-state index contributed by atoms with van der Waals surface area (Å²) in [4.78, 5) is 12.2. The number of hydrogen-bond acceptors (Lipinski definition) is 4. The molecule has 1 aromatic heterocycles. The number of carbonyl (C=O) groups excluding carboxylic acids is 1. The Morgan fingerprint density at radius 2 is 1.89 bits per heavy atom. The molecule has 0 bridgehead atoms. The van der Waals surface area contributed by atoms with Crippen LogP contribution in [0.25, 0.3) is 0 Å². The third-order valence-corrected chi connectivity index (χ3v) is 3.78. The van der Waals surface area contributed by atoms with Gasteiger partial charge in [0.2, 0.25) is 0 Å². The average molecular weight is 373 g/mol. The molecule has 0 saturated carbocycles. The number of hydrogen-bond donors (Lipinski definition) is 1. The average Bonchev–Trinajstić information content (AvgIpc) is 3.15. The molecule has 0 aliphatic heterocycles. The molecule has 0 aliphatic rings. The third kappa shape index (κ3) is 4.63. The molecule has 0 atom stereocenters. The predicted octanol–water partition coefficient (Wildman–Crippen LogP) is 4.08. The molecule has 3 rings (SSSR count). The van der Waals surface area contributed by atoms with Crippen molar-refractivity contribution in [3.8, 4) is 11.5 Å². The van der Waals surface area contributed by atoms with Crippen LogP contribution in [-0.4, -0.2) is 13.0 Å². The number of furan rings is 1. The lowest BCUT2D eigenvalue weighted by molar-refractivity contribution is 0.0918. The summed E-state index contributed by atoms with van der Waals surface area (Å²) in [7, 11) is 1.56. The van der Waals surface area contributed by atoms with E-state index in [4.69, 9.17) is 13.9 Å². The van der Waals surface area contributed by atoms with Crippen LogP contribution in [-0.2, 0) is 13.2 Å². The van der Waals surface area contributed by atoms with Crippen LogP contribution in [0.4, 0.5) is 8.78 Å². The summed E-state index contributed by atoms with van der Waals surface area (Å²) in [5.74, 6) is -0.893. The van der Waals surface area contributed by atoms with Crippen LogP contribution in [0, 0.1) is 11.6 Å². The van der Waals surface area contributed by atoms with Crippen LogP contribution in [0.15, 0.2) is 59.0 Å². The Balaban J connectivity index is 1.57. The van der Waals surface area contributed by atoms with Crippen molar-refractivity contribution in [3.63, 3.8) is 0 Å². The van der Waals surface area contributed by atoms with Gasteiger partial charge in [-0.2, -0.15) is 0 Å². The Hall–Kier alpha value is -3.35. The fourth-order valence-corrected chi connectivity index (χ4v) is 2.43. The molecule has 1 heterocycles. The summed E-state index contributed by atoms with van der Waals surface area (Å²) in [6.07, 6.45) is 0. The fourth-order valence-electron chi connectivity index (χ4n) is 2.43. The first kappa shape index (κ1) is 18.4. The minimum absolute atomic E-state index is 0.0949. The van der Waals surface area contributed by atoms with E-state index in [1.165, 1.54) is 12.1 Å². The van der Waals surface area contributed by atoms with Gasteiger partial charge in [-0.05, 0) is 30.3 Å². The van der Waals surface area contributed by atoms with Crippen molar-refractivity contribution >= 4 is 5.91 Å². The van der Waals surface area contributed by atoms with E-state index < -0.39 is 17.5 Å². The van der Waals surface area contributed by atoms with Crippen molar-refractivity contribution in [3.05, 3.63) is 83.3 Å². The van der Waals surface area contributed by atoms with E-state index >= 15 is 0 Å². The van der Waals surface area contributed by atoms with E-state index in [2.05, 4.69) is 5.32 Å². The van der Waals surface area contributed by atoms with Crippen molar-refractivity contribution in [2.45, 2.75) is 13.2 Å². The second-order valence-corrected chi connectivity index (χ2v) is 5.62. The van der Waals surface area contributed by atoms with Gasteiger partial charge in [-0.25, -0.2) is 8.78 Å². The molecule has 0 fully saturated rings. The Kier molecular flexibility index (Phi) is 5.71. The molecule has 5 nitrogen and oxygen atoms in total. The Labute approximate surface area is 154 Å². The molecule has 0 saturated heterocycles. The lowest BCUT2D eigenvalue weighted by Crippen LogP contribution is -2.22. The number of nitrogens with one attached hydrogen (secondary N) is 1. The van der Waals surface area contributed by atoms with Crippen LogP contribution < -0.4 is 14.8 Å². The smallest absolute Gasteiger partial charge is 0.287 e. The van der Waals surface area contributed by atoms with Gasteiger partial charge in [0.25, 0.3) is 5.91 Å². The zero-order valence-corrected chi connectivity index (χ0v) is 14.5. The first-order chi connectivity index (χ1) is 13.1. The molecule has 7 heteroatoms. The maximum atomic E-state index is 13.5. The highest BCUT2D eigenvalue weighted by Gasteiger charge is 2.13. The summed E-state index contributed by atoms with van der Waals surface area (Å²) in [6, 6.07) is 13.4. The summed E-state index contributed by atoms with van der Waals surface area (Å²) in [5, 5.41) is 2.74. The lowest BCUT2D eigenvalue weighted by atomic mass is 10.2. The molecular formula is C20H17F2NO4. The SMILES string of the molecule is COc1ccccc1CNC(=O)c1ccc(COc2ccc(F)cc2F)o1. The van der Waals surface area contributed by atoms with E-state index in [9.17, 15) is 13.6 Å². The minimum Gasteiger partial charge on any atom is -0.496 e. The summed E-state index contributed by atoms with van der Waals surface area (Å²) < 4.78 is 42.3. The molecule has 1 N–H and O–H groups in total. The van der Waals surface area contributed by atoms with Gasteiger partial charge in [-0.1, -0.05) is 18.2 Å². The number of rotatable bonds is 7. The van der Waals surface area contributed by atoms with Crippen LogP contribution in [0.3, 0.4) is 0 Å². The molecule has 27 heavy (non-hydrogen) atoms. The number of methoxy groups -OCH3 is 1. The van der Waals surface area contributed by atoms with E-state index in [0.29, 0.717) is 11.5 Å². The van der Waals surface area contributed by atoms with Crippen LogP contribution in [0.1, 0.15) is 21.9 Å². The van der Waals surface area contributed by atoms with Gasteiger partial charge in [0.15, 0.2) is 17.3 Å². The highest BCUT2D eigenvalue weighted by Crippen LogP contribution is 2.20. The number of benzene rings is 2. The van der Waals surface area contributed by atoms with Gasteiger partial charge in [-0.15, -0.1) is 0 Å². The minimum atomic E-state index is -0.809. The molecular weight excluding hydrogens is 356 g/mol. The number of amides is 1. The van der Waals surface area contributed by atoms with Crippen molar-refractivity contribution in [2.24, 2.45) is 0 Å². The number of carbonyl (C=O) groups is 1. The van der Waals surface area contributed by atoms with E-state index in [0.717, 1.165) is 17.7 Å². The lowest BCUT2D eigenvalue weighted by Gasteiger charge is -2.08. The Bertz CT molecular complexity index is 939. The fraction of sp³-hybridized carbons (Fsp3) is 0.150. The topological polar surface area (TPSA) is 60.7 Å². The second-order valence-electron chi connectivity index (χ2n) is 5.62. The van der Waals surface area contributed by atoms with Gasteiger partial charge < -0.3 is 19.2 Å². The van der Waals surface area contributed by atoms with Crippen molar-refractivity contribution in [1.29, 1.82) is 0 Å². The quantitative estimate of drug-likeness (QED) is 0.678. The number of ether oxygens (including phenoxy) is 2. The maximum Gasteiger partial charge on any atom is 0.287 e. The third-order valence-electron chi connectivity index (χ3n) is 3.78. The number of halogens is 2. The van der Waals surface area contributed by atoms with E-state index in [-0.39, 0.29) is 24.7 Å². The van der Waals surface area contributed by atoms with Crippen molar-refractivity contribution in [1.82, 2.24) is 5.32 Å². The molecule has 140 valence electrons.